The molecule has 1 amide bonds. The van der Waals surface area contributed by atoms with E-state index in [0.29, 0.717) is 26.9 Å². The van der Waals surface area contributed by atoms with Gasteiger partial charge in [-0.1, -0.05) is 53.7 Å². The van der Waals surface area contributed by atoms with Crippen LogP contribution in [0.1, 0.15) is 11.4 Å². The summed E-state index contributed by atoms with van der Waals surface area (Å²) in [5.41, 5.74) is 2.80. The number of carbonyl (C=O) groups is 1. The lowest BCUT2D eigenvalue weighted by Gasteiger charge is -2.08. The van der Waals surface area contributed by atoms with Gasteiger partial charge in [-0.25, -0.2) is 4.98 Å². The average molecular weight is 486 g/mol. The number of amides is 1. The van der Waals surface area contributed by atoms with Gasteiger partial charge >= 0.3 is 0 Å². The van der Waals surface area contributed by atoms with E-state index in [1.807, 2.05) is 66.4 Å². The van der Waals surface area contributed by atoms with Crippen molar-refractivity contribution in [3.63, 3.8) is 0 Å². The van der Waals surface area contributed by atoms with Gasteiger partial charge in [-0.3, -0.25) is 4.79 Å². The summed E-state index contributed by atoms with van der Waals surface area (Å²) in [6.07, 6.45) is 0. The largest absolute Gasteiger partial charge is 0.486 e. The highest BCUT2D eigenvalue weighted by molar-refractivity contribution is 7.99. The number of anilines is 1. The second kappa shape index (κ2) is 10.2. The molecule has 164 valence electrons. The van der Waals surface area contributed by atoms with Crippen LogP contribution in [0.25, 0.3) is 11.3 Å². The van der Waals surface area contributed by atoms with Crippen LogP contribution in [0.4, 0.5) is 5.13 Å². The van der Waals surface area contributed by atoms with Crippen LogP contribution in [0.5, 0.6) is 5.75 Å². The molecule has 2 aromatic carbocycles. The minimum Gasteiger partial charge on any atom is -0.486 e. The van der Waals surface area contributed by atoms with Crippen molar-refractivity contribution in [3.8, 4) is 17.0 Å². The number of benzene rings is 2. The highest BCUT2D eigenvalue weighted by Gasteiger charge is 2.14. The number of nitrogens with zero attached hydrogens (tertiary/aromatic N) is 4. The molecule has 1 N–H and O–H groups in total. The molecule has 32 heavy (non-hydrogen) atoms. The molecule has 0 spiro atoms. The monoisotopic (exact) mass is 485 g/mol. The topological polar surface area (TPSA) is 81.9 Å². The Morgan fingerprint density at radius 2 is 2.03 bits per heavy atom. The Morgan fingerprint density at radius 3 is 2.81 bits per heavy atom. The van der Waals surface area contributed by atoms with E-state index in [2.05, 4.69) is 20.5 Å². The number of ether oxygens (including phenoxy) is 1. The Kier molecular flexibility index (Phi) is 7.09. The van der Waals surface area contributed by atoms with Crippen LogP contribution < -0.4 is 10.1 Å². The molecule has 0 saturated carbocycles. The molecule has 7 nitrogen and oxygen atoms in total. The number of rotatable bonds is 8. The SMILES string of the molecule is Cc1cc(OCc2nnc(SCC(=O)Nc3nc(-c4ccccc4)cs3)n2C)ccc1Cl. The highest BCUT2D eigenvalue weighted by Crippen LogP contribution is 2.25. The summed E-state index contributed by atoms with van der Waals surface area (Å²) in [5, 5.41) is 15.0. The summed E-state index contributed by atoms with van der Waals surface area (Å²) in [6.45, 7) is 2.18. The van der Waals surface area contributed by atoms with Gasteiger partial charge in [-0.15, -0.1) is 21.5 Å². The molecule has 2 heterocycles. The molecule has 0 aliphatic rings. The van der Waals surface area contributed by atoms with Crippen molar-refractivity contribution in [1.29, 1.82) is 0 Å². The molecule has 2 aromatic heterocycles. The predicted octanol–water partition coefficient (Wildman–Crippen LogP) is 5.21. The molecular weight excluding hydrogens is 466 g/mol. The van der Waals surface area contributed by atoms with Crippen molar-refractivity contribution >= 4 is 45.7 Å². The van der Waals surface area contributed by atoms with E-state index in [0.717, 1.165) is 16.8 Å². The van der Waals surface area contributed by atoms with Gasteiger partial charge in [0.15, 0.2) is 16.1 Å². The standard InChI is InChI=1S/C22H20ClN5O2S2/c1-14-10-16(8-9-17(14)23)30-11-19-26-27-22(28(19)2)32-13-20(29)25-21-24-18(12-31-21)15-6-4-3-5-7-15/h3-10,12H,11,13H2,1-2H3,(H,24,25,29). The van der Waals surface area contributed by atoms with Gasteiger partial charge in [0.25, 0.3) is 0 Å². The molecule has 0 aliphatic carbocycles. The van der Waals surface area contributed by atoms with E-state index in [1.54, 1.807) is 6.07 Å². The lowest BCUT2D eigenvalue weighted by Crippen LogP contribution is -2.14. The van der Waals surface area contributed by atoms with Crippen LogP contribution in [-0.2, 0) is 18.4 Å². The maximum Gasteiger partial charge on any atom is 0.236 e. The normalized spacial score (nSPS) is 10.8. The van der Waals surface area contributed by atoms with E-state index < -0.39 is 0 Å². The average Bonchev–Trinajstić information content (AvgIpc) is 3.40. The molecule has 10 heteroatoms. The molecule has 0 saturated heterocycles. The number of hydrogen-bond donors (Lipinski definition) is 1. The van der Waals surface area contributed by atoms with Gasteiger partial charge in [0.05, 0.1) is 11.4 Å². The van der Waals surface area contributed by atoms with E-state index >= 15 is 0 Å². The molecule has 0 aliphatic heterocycles. The molecule has 0 atom stereocenters. The van der Waals surface area contributed by atoms with E-state index in [1.165, 1.54) is 23.1 Å². The number of thioether (sulfide) groups is 1. The summed E-state index contributed by atoms with van der Waals surface area (Å²) in [4.78, 5) is 16.8. The van der Waals surface area contributed by atoms with Crippen LogP contribution in [0.2, 0.25) is 5.02 Å². The summed E-state index contributed by atoms with van der Waals surface area (Å²) >= 11 is 8.75. The van der Waals surface area contributed by atoms with E-state index in [4.69, 9.17) is 16.3 Å². The highest BCUT2D eigenvalue weighted by atomic mass is 35.5. The molecule has 0 radical (unpaired) electrons. The number of aromatic nitrogens is 4. The summed E-state index contributed by atoms with van der Waals surface area (Å²) in [5.74, 6) is 1.42. The smallest absolute Gasteiger partial charge is 0.236 e. The van der Waals surface area contributed by atoms with Gasteiger partial charge in [0.2, 0.25) is 5.91 Å². The Labute approximate surface area is 198 Å². The fraction of sp³-hybridized carbons (Fsp3) is 0.182. The van der Waals surface area contributed by atoms with Crippen LogP contribution >= 0.6 is 34.7 Å². The third kappa shape index (κ3) is 5.48. The molecular formula is C22H20ClN5O2S2. The summed E-state index contributed by atoms with van der Waals surface area (Å²) in [6, 6.07) is 15.3. The third-order valence-electron chi connectivity index (χ3n) is 4.57. The van der Waals surface area contributed by atoms with Gasteiger partial charge < -0.3 is 14.6 Å². The maximum absolute atomic E-state index is 12.4. The zero-order valence-corrected chi connectivity index (χ0v) is 19.8. The predicted molar refractivity (Wildman–Crippen MR) is 128 cm³/mol. The second-order valence-electron chi connectivity index (χ2n) is 6.90. The Bertz CT molecular complexity index is 1230. The van der Waals surface area contributed by atoms with Gasteiger partial charge in [0, 0.05) is 23.0 Å². The first-order chi connectivity index (χ1) is 15.5. The summed E-state index contributed by atoms with van der Waals surface area (Å²) < 4.78 is 7.61. The van der Waals surface area contributed by atoms with E-state index in [-0.39, 0.29) is 18.3 Å². The number of thiazole rings is 1. The lowest BCUT2D eigenvalue weighted by atomic mass is 10.2. The Balaban J connectivity index is 1.29. The molecule has 0 unspecified atom stereocenters. The van der Waals surface area contributed by atoms with Crippen molar-refractivity contribution in [2.45, 2.75) is 18.7 Å². The van der Waals surface area contributed by atoms with Crippen molar-refractivity contribution in [1.82, 2.24) is 19.7 Å². The minimum atomic E-state index is -0.151. The number of carbonyl (C=O) groups excluding carboxylic acids is 1. The minimum absolute atomic E-state index is 0.151. The van der Waals surface area contributed by atoms with Crippen molar-refractivity contribution in [2.75, 3.05) is 11.1 Å². The molecule has 4 aromatic rings. The van der Waals surface area contributed by atoms with Crippen LogP contribution in [0, 0.1) is 6.92 Å². The number of nitrogens with one attached hydrogen (secondary N) is 1. The lowest BCUT2D eigenvalue weighted by molar-refractivity contribution is -0.113. The Hall–Kier alpha value is -2.88. The van der Waals surface area contributed by atoms with Gasteiger partial charge in [0.1, 0.15) is 12.4 Å². The first-order valence-electron chi connectivity index (χ1n) is 9.70. The van der Waals surface area contributed by atoms with Crippen LogP contribution in [0.3, 0.4) is 0 Å². The van der Waals surface area contributed by atoms with Crippen molar-refractivity contribution < 1.29 is 9.53 Å². The van der Waals surface area contributed by atoms with Crippen LogP contribution in [0.15, 0.2) is 59.1 Å². The zero-order valence-electron chi connectivity index (χ0n) is 17.4. The first-order valence-corrected chi connectivity index (χ1v) is 11.9. The maximum atomic E-state index is 12.4. The third-order valence-corrected chi connectivity index (χ3v) is 6.78. The fourth-order valence-electron chi connectivity index (χ4n) is 2.81. The van der Waals surface area contributed by atoms with Gasteiger partial charge in [-0.2, -0.15) is 0 Å². The fourth-order valence-corrected chi connectivity index (χ4v) is 4.39. The molecule has 0 fully saturated rings. The molecule has 0 bridgehead atoms. The first kappa shape index (κ1) is 22.3. The van der Waals surface area contributed by atoms with Crippen molar-refractivity contribution in [2.24, 2.45) is 7.05 Å². The number of halogens is 1. The summed E-state index contributed by atoms with van der Waals surface area (Å²) in [7, 11) is 1.85. The molecule has 4 rings (SSSR count). The van der Waals surface area contributed by atoms with E-state index in [9.17, 15) is 4.79 Å². The Morgan fingerprint density at radius 1 is 1.22 bits per heavy atom. The quantitative estimate of drug-likeness (QED) is 0.345. The zero-order chi connectivity index (χ0) is 22.5. The van der Waals surface area contributed by atoms with Gasteiger partial charge in [-0.05, 0) is 30.7 Å². The number of hydrogen-bond acceptors (Lipinski definition) is 7. The van der Waals surface area contributed by atoms with Crippen LogP contribution in [-0.4, -0.2) is 31.4 Å². The number of aryl methyl sites for hydroxylation is 1. The second-order valence-corrected chi connectivity index (χ2v) is 9.11. The van der Waals surface area contributed by atoms with Crippen molar-refractivity contribution in [3.05, 3.63) is 70.3 Å².